The minimum absolute atomic E-state index is 0.0795. The molecule has 1 N–H and O–H groups in total. The summed E-state index contributed by atoms with van der Waals surface area (Å²) >= 11 is 7.14. The van der Waals surface area contributed by atoms with Gasteiger partial charge in [-0.1, -0.05) is 35.5 Å². The van der Waals surface area contributed by atoms with E-state index in [0.29, 0.717) is 22.2 Å². The van der Waals surface area contributed by atoms with E-state index in [1.807, 2.05) is 19.1 Å². The van der Waals surface area contributed by atoms with Gasteiger partial charge >= 0.3 is 0 Å². The predicted octanol–water partition coefficient (Wildman–Crippen LogP) is 3.40. The maximum Gasteiger partial charge on any atom is 0.233 e. The van der Waals surface area contributed by atoms with E-state index in [0.717, 1.165) is 5.56 Å². The normalized spacial score (nSPS) is 11.5. The monoisotopic (exact) mass is 331 g/mol. The van der Waals surface area contributed by atoms with Crippen molar-refractivity contribution in [2.24, 2.45) is 0 Å². The second kappa shape index (κ2) is 7.83. The zero-order valence-corrected chi connectivity index (χ0v) is 13.5. The quantitative estimate of drug-likeness (QED) is 0.853. The minimum atomic E-state index is -0.297. The van der Waals surface area contributed by atoms with Crippen LogP contribution in [0.15, 0.2) is 47.6 Å². The highest BCUT2D eigenvalue weighted by atomic mass is 35.5. The van der Waals surface area contributed by atoms with Crippen LogP contribution >= 0.6 is 23.4 Å². The number of thioether (sulfide) groups is 1. The molecule has 1 atom stereocenters. The van der Waals surface area contributed by atoms with Crippen molar-refractivity contribution in [2.45, 2.75) is 23.7 Å². The lowest BCUT2D eigenvalue weighted by Crippen LogP contribution is -2.30. The molecule has 112 valence electrons. The van der Waals surface area contributed by atoms with E-state index in [9.17, 15) is 4.79 Å². The van der Waals surface area contributed by atoms with E-state index in [1.165, 1.54) is 11.8 Å². The number of benzene rings is 1. The lowest BCUT2D eigenvalue weighted by molar-refractivity contribution is -0.120. The summed E-state index contributed by atoms with van der Waals surface area (Å²) in [7, 11) is 0. The number of rotatable bonds is 5. The number of nitriles is 1. The van der Waals surface area contributed by atoms with Crippen LogP contribution in [0.5, 0.6) is 0 Å². The fraction of sp³-hybridized carbons (Fsp3) is 0.188. The number of nitrogens with one attached hydrogen (secondary N) is 1. The van der Waals surface area contributed by atoms with Gasteiger partial charge in [0.25, 0.3) is 0 Å². The first-order valence-corrected chi connectivity index (χ1v) is 7.89. The molecule has 2 aromatic rings. The van der Waals surface area contributed by atoms with E-state index >= 15 is 0 Å². The van der Waals surface area contributed by atoms with Crippen LogP contribution in [0.1, 0.15) is 18.1 Å². The van der Waals surface area contributed by atoms with Gasteiger partial charge in [0.05, 0.1) is 21.9 Å². The van der Waals surface area contributed by atoms with Crippen LogP contribution in [0, 0.1) is 11.3 Å². The van der Waals surface area contributed by atoms with E-state index in [4.69, 9.17) is 16.9 Å². The van der Waals surface area contributed by atoms with Crippen LogP contribution in [0.3, 0.4) is 0 Å². The molecule has 6 heteroatoms. The van der Waals surface area contributed by atoms with Crippen LogP contribution in [0.2, 0.25) is 5.02 Å². The molecule has 22 heavy (non-hydrogen) atoms. The Kier molecular flexibility index (Phi) is 5.82. The van der Waals surface area contributed by atoms with Crippen molar-refractivity contribution in [1.29, 1.82) is 5.26 Å². The van der Waals surface area contributed by atoms with E-state index in [1.54, 1.807) is 30.5 Å². The molecule has 1 heterocycles. The highest BCUT2D eigenvalue weighted by Crippen LogP contribution is 2.21. The molecule has 0 bridgehead atoms. The molecule has 0 saturated heterocycles. The third kappa shape index (κ3) is 4.76. The SMILES string of the molecule is CC(Sc1cc(C#N)ccn1)C(=O)NCc1ccc(Cl)cc1. The molecule has 0 aliphatic rings. The molecule has 1 amide bonds. The highest BCUT2D eigenvalue weighted by Gasteiger charge is 2.15. The van der Waals surface area contributed by atoms with Crippen LogP contribution in [0.25, 0.3) is 0 Å². The average Bonchev–Trinajstić information content (AvgIpc) is 2.54. The fourth-order valence-corrected chi connectivity index (χ4v) is 2.71. The Balaban J connectivity index is 1.89. The topological polar surface area (TPSA) is 65.8 Å². The maximum absolute atomic E-state index is 12.1. The van der Waals surface area contributed by atoms with Gasteiger partial charge in [-0.3, -0.25) is 4.79 Å². The number of carbonyl (C=O) groups is 1. The lowest BCUT2D eigenvalue weighted by atomic mass is 10.2. The summed E-state index contributed by atoms with van der Waals surface area (Å²) < 4.78 is 0. The fourth-order valence-electron chi connectivity index (χ4n) is 1.71. The first-order valence-electron chi connectivity index (χ1n) is 6.63. The van der Waals surface area contributed by atoms with E-state index in [-0.39, 0.29) is 11.2 Å². The molecule has 1 aromatic carbocycles. The minimum Gasteiger partial charge on any atom is -0.351 e. The van der Waals surface area contributed by atoms with Crippen LogP contribution in [0.4, 0.5) is 0 Å². The Labute approximate surface area is 138 Å². The van der Waals surface area contributed by atoms with E-state index < -0.39 is 0 Å². The number of hydrogen-bond acceptors (Lipinski definition) is 4. The van der Waals surface area contributed by atoms with Gasteiger partial charge in [0.15, 0.2) is 0 Å². The van der Waals surface area contributed by atoms with Crippen molar-refractivity contribution >= 4 is 29.3 Å². The molecule has 0 aliphatic carbocycles. The maximum atomic E-state index is 12.1. The van der Waals surface area contributed by atoms with Crippen molar-refractivity contribution < 1.29 is 4.79 Å². The van der Waals surface area contributed by atoms with Gasteiger partial charge < -0.3 is 5.32 Å². The van der Waals surface area contributed by atoms with Gasteiger partial charge in [-0.15, -0.1) is 0 Å². The van der Waals surface area contributed by atoms with Gasteiger partial charge in [-0.05, 0) is 36.8 Å². The Bertz CT molecular complexity index is 697. The third-order valence-corrected chi connectivity index (χ3v) is 4.20. The molecule has 0 radical (unpaired) electrons. The molecule has 0 aliphatic heterocycles. The number of pyridine rings is 1. The molecular weight excluding hydrogens is 318 g/mol. The summed E-state index contributed by atoms with van der Waals surface area (Å²) in [6.07, 6.45) is 1.57. The summed E-state index contributed by atoms with van der Waals surface area (Å²) in [6.45, 7) is 2.26. The molecule has 0 fully saturated rings. The Morgan fingerprint density at radius 1 is 1.41 bits per heavy atom. The summed E-state index contributed by atoms with van der Waals surface area (Å²) in [5.74, 6) is -0.0795. The number of nitrogens with zero attached hydrogens (tertiary/aromatic N) is 2. The molecular formula is C16H14ClN3OS. The van der Waals surface area contributed by atoms with E-state index in [2.05, 4.69) is 16.4 Å². The number of aromatic nitrogens is 1. The van der Waals surface area contributed by atoms with Crippen LogP contribution in [-0.2, 0) is 11.3 Å². The van der Waals surface area contributed by atoms with Crippen molar-refractivity contribution in [3.63, 3.8) is 0 Å². The van der Waals surface area contributed by atoms with Gasteiger partial charge in [-0.2, -0.15) is 5.26 Å². The number of carbonyl (C=O) groups excluding carboxylic acids is 1. The second-order valence-electron chi connectivity index (χ2n) is 4.60. The standard InChI is InChI=1S/C16H14ClN3OS/c1-11(22-15-8-13(9-18)6-7-19-15)16(21)20-10-12-2-4-14(17)5-3-12/h2-8,11H,10H2,1H3,(H,20,21). The van der Waals surface area contributed by atoms with Gasteiger partial charge in [-0.25, -0.2) is 4.98 Å². The first-order chi connectivity index (χ1) is 10.6. The third-order valence-electron chi connectivity index (χ3n) is 2.91. The average molecular weight is 332 g/mol. The van der Waals surface area contributed by atoms with Crippen molar-refractivity contribution in [2.75, 3.05) is 0 Å². The van der Waals surface area contributed by atoms with Gasteiger partial charge in [0.2, 0.25) is 5.91 Å². The summed E-state index contributed by atoms with van der Waals surface area (Å²) in [5, 5.41) is 12.8. The number of amides is 1. The zero-order valence-electron chi connectivity index (χ0n) is 11.9. The molecule has 2 rings (SSSR count). The largest absolute Gasteiger partial charge is 0.351 e. The number of halogens is 1. The lowest BCUT2D eigenvalue weighted by Gasteiger charge is -2.11. The second-order valence-corrected chi connectivity index (χ2v) is 6.40. The van der Waals surface area contributed by atoms with Crippen molar-refractivity contribution in [1.82, 2.24) is 10.3 Å². The van der Waals surface area contributed by atoms with Crippen LogP contribution < -0.4 is 5.32 Å². The van der Waals surface area contributed by atoms with Crippen molar-refractivity contribution in [3.05, 3.63) is 58.7 Å². The Morgan fingerprint density at radius 3 is 2.82 bits per heavy atom. The van der Waals surface area contributed by atoms with Crippen LogP contribution in [-0.4, -0.2) is 16.1 Å². The predicted molar refractivity (Wildman–Crippen MR) is 87.6 cm³/mol. The highest BCUT2D eigenvalue weighted by molar-refractivity contribution is 8.00. The molecule has 0 saturated carbocycles. The summed E-state index contributed by atoms with van der Waals surface area (Å²) in [6, 6.07) is 12.7. The first kappa shape index (κ1) is 16.3. The van der Waals surface area contributed by atoms with Gasteiger partial charge in [0.1, 0.15) is 0 Å². The van der Waals surface area contributed by atoms with Crippen molar-refractivity contribution in [3.8, 4) is 6.07 Å². The number of hydrogen-bond donors (Lipinski definition) is 1. The molecule has 1 aromatic heterocycles. The van der Waals surface area contributed by atoms with Gasteiger partial charge in [0, 0.05) is 17.8 Å². The molecule has 1 unspecified atom stereocenters. The summed E-state index contributed by atoms with van der Waals surface area (Å²) in [4.78, 5) is 16.2. The molecule has 0 spiro atoms. The Hall–Kier alpha value is -2.03. The smallest absolute Gasteiger partial charge is 0.233 e. The molecule has 4 nitrogen and oxygen atoms in total. The Morgan fingerprint density at radius 2 is 2.14 bits per heavy atom. The zero-order chi connectivity index (χ0) is 15.9. The summed E-state index contributed by atoms with van der Waals surface area (Å²) in [5.41, 5.74) is 1.52.